The van der Waals surface area contributed by atoms with E-state index in [0.29, 0.717) is 0 Å². The topological polar surface area (TPSA) is 38.9 Å². The van der Waals surface area contributed by atoms with E-state index in [-0.39, 0.29) is 0 Å². The molecule has 0 unspecified atom stereocenters. The highest BCUT2D eigenvalue weighted by atomic mass is 16.6. The number of hydrogen-bond donors (Lipinski definition) is 0. The van der Waals surface area contributed by atoms with Crippen LogP contribution in [0.4, 0.5) is 0 Å². The summed E-state index contributed by atoms with van der Waals surface area (Å²) in [6.45, 7) is 3.77. The predicted molar refractivity (Wildman–Crippen MR) is 40.9 cm³/mol. The number of benzene rings is 1. The SMILES string of the molecule is [CH2]Cc1ccc2nonc2c1. The van der Waals surface area contributed by atoms with Crippen molar-refractivity contribution in [1.29, 1.82) is 0 Å². The van der Waals surface area contributed by atoms with Crippen LogP contribution < -0.4 is 0 Å². The lowest BCUT2D eigenvalue weighted by Crippen LogP contribution is -1.78. The molecule has 2 rings (SSSR count). The molecular weight excluding hydrogens is 140 g/mol. The van der Waals surface area contributed by atoms with Gasteiger partial charge in [-0.1, -0.05) is 6.07 Å². The molecule has 1 heterocycles. The molecule has 1 radical (unpaired) electrons. The van der Waals surface area contributed by atoms with Crippen LogP contribution in [0.25, 0.3) is 11.0 Å². The van der Waals surface area contributed by atoms with E-state index >= 15 is 0 Å². The van der Waals surface area contributed by atoms with E-state index in [2.05, 4.69) is 21.9 Å². The Balaban J connectivity index is 2.67. The molecule has 1 aromatic carbocycles. The zero-order valence-electron chi connectivity index (χ0n) is 5.95. The van der Waals surface area contributed by atoms with E-state index in [9.17, 15) is 0 Å². The third-order valence-corrected chi connectivity index (χ3v) is 1.61. The van der Waals surface area contributed by atoms with Gasteiger partial charge in [-0.2, -0.15) is 0 Å². The molecule has 0 aliphatic heterocycles. The third-order valence-electron chi connectivity index (χ3n) is 1.61. The van der Waals surface area contributed by atoms with Crippen LogP contribution >= 0.6 is 0 Å². The Kier molecular flexibility index (Phi) is 1.35. The number of nitrogens with zero attached hydrogens (tertiary/aromatic N) is 2. The van der Waals surface area contributed by atoms with E-state index in [1.54, 1.807) is 0 Å². The van der Waals surface area contributed by atoms with Crippen molar-refractivity contribution in [3.63, 3.8) is 0 Å². The zero-order chi connectivity index (χ0) is 7.68. The molecule has 0 N–H and O–H groups in total. The van der Waals surface area contributed by atoms with Crippen molar-refractivity contribution < 1.29 is 4.63 Å². The fourth-order valence-electron chi connectivity index (χ4n) is 0.983. The Hall–Kier alpha value is -1.38. The molecule has 2 aromatic rings. The summed E-state index contributed by atoms with van der Waals surface area (Å²) in [6, 6.07) is 5.78. The maximum absolute atomic E-state index is 4.54. The van der Waals surface area contributed by atoms with Gasteiger partial charge in [0.15, 0.2) is 0 Å². The maximum Gasteiger partial charge on any atom is 0.135 e. The summed E-state index contributed by atoms with van der Waals surface area (Å²) < 4.78 is 4.54. The first-order valence-electron chi connectivity index (χ1n) is 3.40. The Morgan fingerprint density at radius 3 is 2.91 bits per heavy atom. The highest BCUT2D eigenvalue weighted by Gasteiger charge is 1.98. The lowest BCUT2D eigenvalue weighted by Gasteiger charge is -1.91. The molecule has 0 saturated carbocycles. The van der Waals surface area contributed by atoms with Crippen molar-refractivity contribution in [3.05, 3.63) is 30.7 Å². The molecule has 0 aliphatic rings. The first kappa shape index (κ1) is 6.34. The smallest absolute Gasteiger partial charge is 0.135 e. The van der Waals surface area contributed by atoms with Gasteiger partial charge in [-0.05, 0) is 41.4 Å². The number of fused-ring (bicyclic) bond motifs is 1. The van der Waals surface area contributed by atoms with Gasteiger partial charge in [-0.25, -0.2) is 4.63 Å². The summed E-state index contributed by atoms with van der Waals surface area (Å²) in [5.41, 5.74) is 2.74. The summed E-state index contributed by atoms with van der Waals surface area (Å²) in [5.74, 6) is 0. The largest absolute Gasteiger partial charge is 0.243 e. The van der Waals surface area contributed by atoms with Gasteiger partial charge in [0.05, 0.1) is 0 Å². The summed E-state index contributed by atoms with van der Waals surface area (Å²) in [5, 5.41) is 7.40. The molecule has 0 fully saturated rings. The second kappa shape index (κ2) is 2.34. The van der Waals surface area contributed by atoms with Crippen molar-refractivity contribution >= 4 is 11.0 Å². The van der Waals surface area contributed by atoms with Crippen LogP contribution in [0.3, 0.4) is 0 Å². The fourth-order valence-corrected chi connectivity index (χ4v) is 0.983. The van der Waals surface area contributed by atoms with Gasteiger partial charge in [0.1, 0.15) is 11.0 Å². The standard InChI is InChI=1S/C8H7N2O/c1-2-6-3-4-7-8(5-6)10-11-9-7/h3-5H,1-2H2. The van der Waals surface area contributed by atoms with Crippen molar-refractivity contribution in [1.82, 2.24) is 10.3 Å². The second-order valence-corrected chi connectivity index (χ2v) is 2.34. The molecular formula is C8H7N2O. The summed E-state index contributed by atoms with van der Waals surface area (Å²) in [6.07, 6.45) is 0.767. The molecule has 11 heavy (non-hydrogen) atoms. The van der Waals surface area contributed by atoms with Crippen LogP contribution in [-0.4, -0.2) is 10.3 Å². The van der Waals surface area contributed by atoms with Crippen LogP contribution in [-0.2, 0) is 6.42 Å². The van der Waals surface area contributed by atoms with Gasteiger partial charge in [-0.15, -0.1) is 0 Å². The van der Waals surface area contributed by atoms with Gasteiger partial charge in [0.25, 0.3) is 0 Å². The van der Waals surface area contributed by atoms with E-state index < -0.39 is 0 Å². The lowest BCUT2D eigenvalue weighted by atomic mass is 10.1. The molecule has 0 saturated heterocycles. The Labute approximate surface area is 64.0 Å². The van der Waals surface area contributed by atoms with Gasteiger partial charge >= 0.3 is 0 Å². The maximum atomic E-state index is 4.54. The average Bonchev–Trinajstić information content (AvgIpc) is 2.50. The third kappa shape index (κ3) is 0.981. The Bertz CT molecular complexity index is 367. The zero-order valence-corrected chi connectivity index (χ0v) is 5.95. The van der Waals surface area contributed by atoms with Crippen LogP contribution in [0.1, 0.15) is 5.56 Å². The highest BCUT2D eigenvalue weighted by Crippen LogP contribution is 2.11. The van der Waals surface area contributed by atoms with Gasteiger partial charge in [0, 0.05) is 0 Å². The average molecular weight is 147 g/mol. The number of hydrogen-bond acceptors (Lipinski definition) is 3. The van der Waals surface area contributed by atoms with Gasteiger partial charge in [-0.3, -0.25) is 0 Å². The van der Waals surface area contributed by atoms with E-state index in [0.717, 1.165) is 23.0 Å². The predicted octanol–water partition coefficient (Wildman–Crippen LogP) is 1.60. The molecule has 1 aromatic heterocycles. The number of rotatable bonds is 1. The Morgan fingerprint density at radius 1 is 1.27 bits per heavy atom. The minimum absolute atomic E-state index is 0.767. The molecule has 3 heteroatoms. The molecule has 0 atom stereocenters. The fraction of sp³-hybridized carbons (Fsp3) is 0.125. The summed E-state index contributed by atoms with van der Waals surface area (Å²) >= 11 is 0. The first-order chi connectivity index (χ1) is 5.40. The van der Waals surface area contributed by atoms with Gasteiger partial charge < -0.3 is 0 Å². The van der Waals surface area contributed by atoms with Crippen molar-refractivity contribution in [2.75, 3.05) is 0 Å². The summed E-state index contributed by atoms with van der Waals surface area (Å²) in [7, 11) is 0. The first-order valence-corrected chi connectivity index (χ1v) is 3.40. The van der Waals surface area contributed by atoms with Crippen molar-refractivity contribution in [2.24, 2.45) is 0 Å². The van der Waals surface area contributed by atoms with Crippen molar-refractivity contribution in [3.8, 4) is 0 Å². The van der Waals surface area contributed by atoms with Crippen molar-refractivity contribution in [2.45, 2.75) is 6.42 Å². The molecule has 55 valence electrons. The normalized spacial score (nSPS) is 10.6. The van der Waals surface area contributed by atoms with E-state index in [1.807, 2.05) is 18.2 Å². The molecule has 0 amide bonds. The lowest BCUT2D eigenvalue weighted by molar-refractivity contribution is 0.315. The monoisotopic (exact) mass is 147 g/mol. The summed E-state index contributed by atoms with van der Waals surface area (Å²) in [4.78, 5) is 0. The molecule has 0 spiro atoms. The van der Waals surface area contributed by atoms with Crippen LogP contribution in [0.5, 0.6) is 0 Å². The molecule has 0 aliphatic carbocycles. The second-order valence-electron chi connectivity index (χ2n) is 2.34. The van der Waals surface area contributed by atoms with Gasteiger partial charge in [0.2, 0.25) is 0 Å². The minimum atomic E-state index is 0.767. The number of aromatic nitrogens is 2. The van der Waals surface area contributed by atoms with Crippen LogP contribution in [0, 0.1) is 6.92 Å². The molecule has 3 nitrogen and oxygen atoms in total. The minimum Gasteiger partial charge on any atom is -0.243 e. The van der Waals surface area contributed by atoms with Crippen LogP contribution in [0.15, 0.2) is 22.8 Å². The van der Waals surface area contributed by atoms with E-state index in [1.165, 1.54) is 0 Å². The van der Waals surface area contributed by atoms with E-state index in [4.69, 9.17) is 0 Å². The van der Waals surface area contributed by atoms with Crippen LogP contribution in [0.2, 0.25) is 0 Å². The quantitative estimate of drug-likeness (QED) is 0.615. The molecule has 0 bridgehead atoms. The Morgan fingerprint density at radius 2 is 2.09 bits per heavy atom. The highest BCUT2D eigenvalue weighted by molar-refractivity contribution is 5.73.